The van der Waals surface area contributed by atoms with Crippen molar-refractivity contribution in [2.75, 3.05) is 11.9 Å². The first-order valence-electron chi connectivity index (χ1n) is 5.73. The lowest BCUT2D eigenvalue weighted by Gasteiger charge is -2.24. The van der Waals surface area contributed by atoms with Crippen LogP contribution in [0.2, 0.25) is 0 Å². The number of halogens is 1. The van der Waals surface area contributed by atoms with Gasteiger partial charge >= 0.3 is 0 Å². The van der Waals surface area contributed by atoms with Gasteiger partial charge in [0.05, 0.1) is 6.54 Å². The predicted octanol–water partition coefficient (Wildman–Crippen LogP) is 2.54. The minimum absolute atomic E-state index is 0.0702. The standard InChI is InChI=1S/C13H19FN2O/c1-4-13(2,3)15-9-12(17)16-11-7-5-6-10(14)8-11/h5-8,15H,4,9H2,1-3H3,(H,16,17). The highest BCUT2D eigenvalue weighted by atomic mass is 19.1. The van der Waals surface area contributed by atoms with Gasteiger partial charge in [0.2, 0.25) is 5.91 Å². The van der Waals surface area contributed by atoms with Crippen LogP contribution in [-0.4, -0.2) is 18.0 Å². The van der Waals surface area contributed by atoms with Crippen LogP contribution >= 0.6 is 0 Å². The normalized spacial score (nSPS) is 11.3. The lowest BCUT2D eigenvalue weighted by molar-refractivity contribution is -0.115. The first-order valence-corrected chi connectivity index (χ1v) is 5.73. The Morgan fingerprint density at radius 1 is 1.41 bits per heavy atom. The van der Waals surface area contributed by atoms with Crippen LogP contribution in [0.25, 0.3) is 0 Å². The van der Waals surface area contributed by atoms with E-state index in [1.807, 2.05) is 13.8 Å². The van der Waals surface area contributed by atoms with Crippen LogP contribution in [0.15, 0.2) is 24.3 Å². The van der Waals surface area contributed by atoms with Crippen molar-refractivity contribution in [3.8, 4) is 0 Å². The summed E-state index contributed by atoms with van der Waals surface area (Å²) in [5, 5.41) is 5.78. The number of nitrogens with one attached hydrogen (secondary N) is 2. The highest BCUT2D eigenvalue weighted by Gasteiger charge is 2.15. The number of hydrogen-bond donors (Lipinski definition) is 2. The van der Waals surface area contributed by atoms with E-state index < -0.39 is 0 Å². The van der Waals surface area contributed by atoms with Gasteiger partial charge in [-0.05, 0) is 38.5 Å². The average Bonchev–Trinajstić information content (AvgIpc) is 2.27. The Kier molecular flexibility index (Phi) is 4.63. The third-order valence-corrected chi connectivity index (χ3v) is 2.72. The molecule has 1 rings (SSSR count). The van der Waals surface area contributed by atoms with Crippen molar-refractivity contribution >= 4 is 11.6 Å². The van der Waals surface area contributed by atoms with Gasteiger partial charge < -0.3 is 10.6 Å². The highest BCUT2D eigenvalue weighted by molar-refractivity contribution is 5.92. The number of hydrogen-bond acceptors (Lipinski definition) is 2. The molecule has 0 unspecified atom stereocenters. The van der Waals surface area contributed by atoms with Gasteiger partial charge in [-0.2, -0.15) is 0 Å². The zero-order chi connectivity index (χ0) is 12.9. The molecule has 94 valence electrons. The molecule has 1 amide bonds. The lowest BCUT2D eigenvalue weighted by atomic mass is 10.0. The molecule has 0 saturated carbocycles. The third kappa shape index (κ3) is 4.95. The Labute approximate surface area is 101 Å². The Morgan fingerprint density at radius 2 is 2.12 bits per heavy atom. The van der Waals surface area contributed by atoms with Crippen LogP contribution in [0.3, 0.4) is 0 Å². The van der Waals surface area contributed by atoms with E-state index in [0.717, 1.165) is 6.42 Å². The molecule has 1 aromatic rings. The van der Waals surface area contributed by atoms with Gasteiger partial charge in [0.1, 0.15) is 5.82 Å². The zero-order valence-corrected chi connectivity index (χ0v) is 10.5. The van der Waals surface area contributed by atoms with E-state index in [1.165, 1.54) is 12.1 Å². The minimum atomic E-state index is -0.357. The van der Waals surface area contributed by atoms with Crippen LogP contribution in [-0.2, 0) is 4.79 Å². The predicted molar refractivity (Wildman–Crippen MR) is 67.4 cm³/mol. The number of rotatable bonds is 5. The molecule has 0 bridgehead atoms. The molecule has 0 radical (unpaired) electrons. The molecule has 1 aromatic carbocycles. The van der Waals surface area contributed by atoms with E-state index in [0.29, 0.717) is 5.69 Å². The van der Waals surface area contributed by atoms with Gasteiger partial charge in [0.15, 0.2) is 0 Å². The molecule has 0 saturated heterocycles. The summed E-state index contributed by atoms with van der Waals surface area (Å²) in [5.41, 5.74) is 0.408. The van der Waals surface area contributed by atoms with E-state index in [2.05, 4.69) is 17.6 Å². The lowest BCUT2D eigenvalue weighted by Crippen LogP contribution is -2.43. The molecule has 2 N–H and O–H groups in total. The molecule has 0 aliphatic rings. The zero-order valence-electron chi connectivity index (χ0n) is 10.5. The van der Waals surface area contributed by atoms with Crippen molar-refractivity contribution in [1.29, 1.82) is 0 Å². The van der Waals surface area contributed by atoms with Crippen molar-refractivity contribution in [2.45, 2.75) is 32.7 Å². The molecule has 0 fully saturated rings. The van der Waals surface area contributed by atoms with Gasteiger partial charge in [0.25, 0.3) is 0 Å². The van der Waals surface area contributed by atoms with E-state index in [4.69, 9.17) is 0 Å². The van der Waals surface area contributed by atoms with Gasteiger partial charge in [-0.1, -0.05) is 13.0 Å². The fourth-order valence-corrected chi connectivity index (χ4v) is 1.22. The average molecular weight is 238 g/mol. The maximum absolute atomic E-state index is 12.9. The Balaban J connectivity index is 2.45. The largest absolute Gasteiger partial charge is 0.325 e. The maximum Gasteiger partial charge on any atom is 0.238 e. The quantitative estimate of drug-likeness (QED) is 0.827. The second kappa shape index (κ2) is 5.77. The summed E-state index contributed by atoms with van der Waals surface area (Å²) in [6.45, 7) is 6.33. The highest BCUT2D eigenvalue weighted by Crippen LogP contribution is 2.09. The Morgan fingerprint density at radius 3 is 2.71 bits per heavy atom. The summed E-state index contributed by atoms with van der Waals surface area (Å²) in [4.78, 5) is 11.6. The third-order valence-electron chi connectivity index (χ3n) is 2.72. The van der Waals surface area contributed by atoms with E-state index >= 15 is 0 Å². The van der Waals surface area contributed by atoms with E-state index in [9.17, 15) is 9.18 Å². The van der Waals surface area contributed by atoms with Crippen LogP contribution in [0.1, 0.15) is 27.2 Å². The molecule has 0 aliphatic carbocycles. The number of amides is 1. The van der Waals surface area contributed by atoms with Gasteiger partial charge in [-0.15, -0.1) is 0 Å². The number of benzene rings is 1. The van der Waals surface area contributed by atoms with Crippen LogP contribution in [0.5, 0.6) is 0 Å². The van der Waals surface area contributed by atoms with Crippen molar-refractivity contribution in [1.82, 2.24) is 5.32 Å². The smallest absolute Gasteiger partial charge is 0.238 e. The minimum Gasteiger partial charge on any atom is -0.325 e. The topological polar surface area (TPSA) is 41.1 Å². The molecule has 0 aromatic heterocycles. The Bertz CT molecular complexity index is 391. The van der Waals surface area contributed by atoms with Gasteiger partial charge in [0, 0.05) is 11.2 Å². The Hall–Kier alpha value is -1.42. The molecule has 17 heavy (non-hydrogen) atoms. The monoisotopic (exact) mass is 238 g/mol. The van der Waals surface area contributed by atoms with Crippen molar-refractivity contribution in [3.05, 3.63) is 30.1 Å². The second-order valence-electron chi connectivity index (χ2n) is 4.65. The summed E-state index contributed by atoms with van der Waals surface area (Å²) in [7, 11) is 0. The van der Waals surface area contributed by atoms with E-state index in [-0.39, 0.29) is 23.8 Å². The second-order valence-corrected chi connectivity index (χ2v) is 4.65. The fraction of sp³-hybridized carbons (Fsp3) is 0.462. The number of carbonyl (C=O) groups excluding carboxylic acids is 1. The summed E-state index contributed by atoms with van der Waals surface area (Å²) in [6.07, 6.45) is 0.931. The molecular weight excluding hydrogens is 219 g/mol. The number of carbonyl (C=O) groups is 1. The SMILES string of the molecule is CCC(C)(C)NCC(=O)Nc1cccc(F)c1. The summed E-state index contributed by atoms with van der Waals surface area (Å²) in [5.74, 6) is -0.526. The fourth-order valence-electron chi connectivity index (χ4n) is 1.22. The van der Waals surface area contributed by atoms with E-state index in [1.54, 1.807) is 12.1 Å². The van der Waals surface area contributed by atoms with Crippen molar-refractivity contribution in [3.63, 3.8) is 0 Å². The molecule has 4 heteroatoms. The molecule has 3 nitrogen and oxygen atoms in total. The first kappa shape index (κ1) is 13.6. The van der Waals surface area contributed by atoms with Gasteiger partial charge in [-0.3, -0.25) is 4.79 Å². The van der Waals surface area contributed by atoms with Crippen LogP contribution < -0.4 is 10.6 Å². The summed E-state index contributed by atoms with van der Waals surface area (Å²) >= 11 is 0. The first-order chi connectivity index (χ1) is 7.93. The number of anilines is 1. The van der Waals surface area contributed by atoms with Crippen molar-refractivity contribution < 1.29 is 9.18 Å². The summed E-state index contributed by atoms with van der Waals surface area (Å²) in [6, 6.07) is 5.86. The van der Waals surface area contributed by atoms with Crippen LogP contribution in [0, 0.1) is 5.82 Å². The maximum atomic E-state index is 12.9. The molecule has 0 aliphatic heterocycles. The molecular formula is C13H19FN2O. The molecule has 0 atom stereocenters. The van der Waals surface area contributed by atoms with Gasteiger partial charge in [-0.25, -0.2) is 4.39 Å². The van der Waals surface area contributed by atoms with Crippen molar-refractivity contribution in [2.24, 2.45) is 0 Å². The molecule has 0 spiro atoms. The van der Waals surface area contributed by atoms with Crippen LogP contribution in [0.4, 0.5) is 10.1 Å². The summed E-state index contributed by atoms with van der Waals surface area (Å²) < 4.78 is 12.9. The molecule has 0 heterocycles.